The van der Waals surface area contributed by atoms with Crippen molar-refractivity contribution in [1.82, 2.24) is 4.90 Å². The highest BCUT2D eigenvalue weighted by atomic mass is 32.2. The number of carbonyl (C=O) groups is 1. The Bertz CT molecular complexity index is 872. The lowest BCUT2D eigenvalue weighted by Crippen LogP contribution is -2.33. The molecule has 4 nitrogen and oxygen atoms in total. The largest absolute Gasteiger partial charge is 0.372 e. The van der Waals surface area contributed by atoms with E-state index in [-0.39, 0.29) is 5.91 Å². The minimum Gasteiger partial charge on any atom is -0.372 e. The number of nitrogens with zero attached hydrogens (tertiary/aromatic N) is 2. The van der Waals surface area contributed by atoms with E-state index >= 15 is 0 Å². The van der Waals surface area contributed by atoms with E-state index in [0.717, 1.165) is 24.3 Å². The maximum absolute atomic E-state index is 12.8. The minimum absolute atomic E-state index is 0.0533. The Balaban J connectivity index is 1.67. The molecule has 0 unspecified atom stereocenters. The molecular formula is C22H25N3OS2. The normalized spacial score (nSPS) is 15.4. The van der Waals surface area contributed by atoms with Gasteiger partial charge in [0.15, 0.2) is 0 Å². The summed E-state index contributed by atoms with van der Waals surface area (Å²) in [6.07, 6.45) is 1.91. The van der Waals surface area contributed by atoms with Crippen molar-refractivity contribution >= 4 is 51.7 Å². The Morgan fingerprint density at radius 1 is 1.07 bits per heavy atom. The van der Waals surface area contributed by atoms with E-state index in [1.54, 1.807) is 4.90 Å². The van der Waals surface area contributed by atoms with Crippen molar-refractivity contribution < 1.29 is 4.79 Å². The number of anilines is 2. The second kappa shape index (κ2) is 9.26. The molecule has 146 valence electrons. The zero-order valence-electron chi connectivity index (χ0n) is 16.4. The highest BCUT2D eigenvalue weighted by molar-refractivity contribution is 8.26. The highest BCUT2D eigenvalue weighted by Crippen LogP contribution is 2.32. The molecule has 0 atom stereocenters. The smallest absolute Gasteiger partial charge is 0.267 e. The Morgan fingerprint density at radius 2 is 1.71 bits per heavy atom. The molecule has 28 heavy (non-hydrogen) atoms. The van der Waals surface area contributed by atoms with Gasteiger partial charge in [-0.2, -0.15) is 0 Å². The van der Waals surface area contributed by atoms with Crippen molar-refractivity contribution in [3.8, 4) is 0 Å². The number of nitrogens with one attached hydrogen (secondary N) is 1. The van der Waals surface area contributed by atoms with E-state index in [0.29, 0.717) is 15.9 Å². The first-order chi connectivity index (χ1) is 13.5. The van der Waals surface area contributed by atoms with Gasteiger partial charge in [-0.15, -0.1) is 0 Å². The summed E-state index contributed by atoms with van der Waals surface area (Å²) in [6.45, 7) is 8.66. The average molecular weight is 412 g/mol. The topological polar surface area (TPSA) is 35.6 Å². The maximum Gasteiger partial charge on any atom is 0.267 e. The predicted octanol–water partition coefficient (Wildman–Crippen LogP) is 5.11. The van der Waals surface area contributed by atoms with Crippen LogP contribution in [0.3, 0.4) is 0 Å². The third kappa shape index (κ3) is 4.75. The van der Waals surface area contributed by atoms with Crippen LogP contribution in [0.1, 0.15) is 25.0 Å². The third-order valence-electron chi connectivity index (χ3n) is 4.69. The van der Waals surface area contributed by atoms with Gasteiger partial charge < -0.3 is 10.2 Å². The van der Waals surface area contributed by atoms with E-state index in [1.807, 2.05) is 49.4 Å². The monoisotopic (exact) mass is 411 g/mol. The van der Waals surface area contributed by atoms with Gasteiger partial charge in [0.05, 0.1) is 11.6 Å². The molecule has 1 heterocycles. The van der Waals surface area contributed by atoms with Gasteiger partial charge in [0.25, 0.3) is 5.91 Å². The molecule has 0 aromatic heterocycles. The Labute approximate surface area is 176 Å². The van der Waals surface area contributed by atoms with Crippen LogP contribution in [0.5, 0.6) is 0 Å². The summed E-state index contributed by atoms with van der Waals surface area (Å²) in [7, 11) is 0. The lowest BCUT2D eigenvalue weighted by atomic mass is 10.1. The molecule has 0 spiro atoms. The molecule has 1 aliphatic rings. The van der Waals surface area contributed by atoms with Crippen LogP contribution in [0.2, 0.25) is 0 Å². The number of benzene rings is 2. The number of thiocarbonyl (C=S) groups is 1. The molecule has 1 N–H and O–H groups in total. The molecular weight excluding hydrogens is 386 g/mol. The number of hydrogen-bond donors (Lipinski definition) is 1. The second-order valence-corrected chi connectivity index (χ2v) is 8.25. The fourth-order valence-electron chi connectivity index (χ4n) is 3.00. The standard InChI is InChI=1S/C22H25N3OS2/c1-4-24(5-2)19-12-8-17(9-13-19)14-20-21(26)25(22(27)28-20)15-23-18-10-6-16(3)7-11-18/h6-14,23H,4-5,15H2,1-3H3. The van der Waals surface area contributed by atoms with Gasteiger partial charge in [-0.05, 0) is 56.7 Å². The molecule has 6 heteroatoms. The number of aryl methyl sites for hydroxylation is 1. The quantitative estimate of drug-likeness (QED) is 0.506. The fourth-order valence-corrected chi connectivity index (χ4v) is 4.25. The molecule has 0 aliphatic carbocycles. The number of thioether (sulfide) groups is 1. The number of amides is 1. The summed E-state index contributed by atoms with van der Waals surface area (Å²) in [5, 5.41) is 3.26. The summed E-state index contributed by atoms with van der Waals surface area (Å²) in [5.41, 5.74) is 4.36. The lowest BCUT2D eigenvalue weighted by Gasteiger charge is -2.20. The molecule has 1 saturated heterocycles. The summed E-state index contributed by atoms with van der Waals surface area (Å²) in [4.78, 5) is 17.3. The van der Waals surface area contributed by atoms with Gasteiger partial charge in [0.2, 0.25) is 0 Å². The van der Waals surface area contributed by atoms with Crippen molar-refractivity contribution in [3.63, 3.8) is 0 Å². The molecule has 0 radical (unpaired) electrons. The summed E-state index contributed by atoms with van der Waals surface area (Å²) in [5.74, 6) is -0.0533. The van der Waals surface area contributed by atoms with Crippen LogP contribution in [-0.2, 0) is 4.79 Å². The van der Waals surface area contributed by atoms with Crippen LogP contribution in [0.15, 0.2) is 53.4 Å². The lowest BCUT2D eigenvalue weighted by molar-refractivity contribution is -0.121. The summed E-state index contributed by atoms with van der Waals surface area (Å²) in [6, 6.07) is 16.4. The number of rotatable bonds is 7. The van der Waals surface area contributed by atoms with Gasteiger partial charge in [-0.3, -0.25) is 9.69 Å². The Hall–Kier alpha value is -2.31. The zero-order valence-corrected chi connectivity index (χ0v) is 18.1. The zero-order chi connectivity index (χ0) is 20.1. The van der Waals surface area contributed by atoms with Gasteiger partial charge in [0, 0.05) is 24.5 Å². The first kappa shape index (κ1) is 20.4. The molecule has 1 aliphatic heterocycles. The SMILES string of the molecule is CCN(CC)c1ccc(C=C2SC(=S)N(CNc3ccc(C)cc3)C2=O)cc1. The van der Waals surface area contributed by atoms with E-state index in [2.05, 4.69) is 36.2 Å². The molecule has 1 amide bonds. The van der Waals surface area contributed by atoms with Crippen molar-refractivity contribution in [2.75, 3.05) is 30.0 Å². The van der Waals surface area contributed by atoms with Crippen molar-refractivity contribution in [2.24, 2.45) is 0 Å². The molecule has 1 fully saturated rings. The maximum atomic E-state index is 12.8. The average Bonchev–Trinajstić information content (AvgIpc) is 2.96. The van der Waals surface area contributed by atoms with Crippen LogP contribution < -0.4 is 10.2 Å². The summed E-state index contributed by atoms with van der Waals surface area (Å²) >= 11 is 6.77. The fraction of sp³-hybridized carbons (Fsp3) is 0.273. The predicted molar refractivity (Wildman–Crippen MR) is 125 cm³/mol. The molecule has 0 bridgehead atoms. The molecule has 2 aromatic rings. The third-order valence-corrected chi connectivity index (χ3v) is 6.06. The van der Waals surface area contributed by atoms with Crippen molar-refractivity contribution in [1.29, 1.82) is 0 Å². The van der Waals surface area contributed by atoms with E-state index in [4.69, 9.17) is 12.2 Å². The van der Waals surface area contributed by atoms with Gasteiger partial charge in [-0.1, -0.05) is 53.8 Å². The van der Waals surface area contributed by atoms with Crippen molar-refractivity contribution in [2.45, 2.75) is 20.8 Å². The van der Waals surface area contributed by atoms with E-state index in [1.165, 1.54) is 23.0 Å². The minimum atomic E-state index is -0.0533. The van der Waals surface area contributed by atoms with Crippen LogP contribution in [0.4, 0.5) is 11.4 Å². The Morgan fingerprint density at radius 3 is 2.32 bits per heavy atom. The number of hydrogen-bond acceptors (Lipinski definition) is 5. The van der Waals surface area contributed by atoms with E-state index in [9.17, 15) is 4.79 Å². The first-order valence-corrected chi connectivity index (χ1v) is 10.6. The van der Waals surface area contributed by atoms with E-state index < -0.39 is 0 Å². The van der Waals surface area contributed by atoms with Crippen molar-refractivity contribution in [3.05, 3.63) is 64.6 Å². The van der Waals surface area contributed by atoms with Crippen LogP contribution in [0.25, 0.3) is 6.08 Å². The highest BCUT2D eigenvalue weighted by Gasteiger charge is 2.31. The van der Waals surface area contributed by atoms with Crippen LogP contribution in [0, 0.1) is 6.92 Å². The van der Waals surface area contributed by atoms with Gasteiger partial charge in [-0.25, -0.2) is 0 Å². The van der Waals surface area contributed by atoms with Crippen LogP contribution in [-0.4, -0.2) is 34.9 Å². The second-order valence-electron chi connectivity index (χ2n) is 6.57. The summed E-state index contributed by atoms with van der Waals surface area (Å²) < 4.78 is 0.579. The molecule has 3 rings (SSSR count). The molecule has 0 saturated carbocycles. The molecule has 2 aromatic carbocycles. The van der Waals surface area contributed by atoms with Crippen LogP contribution >= 0.6 is 24.0 Å². The van der Waals surface area contributed by atoms with Gasteiger partial charge in [0.1, 0.15) is 4.32 Å². The Kier molecular flexibility index (Phi) is 6.75. The number of carbonyl (C=O) groups excluding carboxylic acids is 1. The van der Waals surface area contributed by atoms with Gasteiger partial charge >= 0.3 is 0 Å². The first-order valence-electron chi connectivity index (χ1n) is 9.42.